The maximum absolute atomic E-state index is 10.9. The number of rotatable bonds is 3. The van der Waals surface area contributed by atoms with E-state index >= 15 is 0 Å². The zero-order valence-electron chi connectivity index (χ0n) is 16.7. The second-order valence-electron chi connectivity index (χ2n) is 7.73. The van der Waals surface area contributed by atoms with Gasteiger partial charge in [-0.1, -0.05) is 52.0 Å². The maximum Gasteiger partial charge on any atom is 0.408 e. The van der Waals surface area contributed by atoms with Crippen molar-refractivity contribution in [1.29, 1.82) is 0 Å². The molecule has 1 amide bonds. The molecule has 5 nitrogen and oxygen atoms in total. The molecule has 2 aliphatic heterocycles. The van der Waals surface area contributed by atoms with Gasteiger partial charge in [-0.25, -0.2) is 4.79 Å². The topological polar surface area (TPSA) is 56.8 Å². The zero-order valence-corrected chi connectivity index (χ0v) is 16.7. The Morgan fingerprint density at radius 1 is 1.00 bits per heavy atom. The van der Waals surface area contributed by atoms with Crippen LogP contribution in [-0.2, 0) is 14.2 Å². The fraction of sp³-hybridized carbons (Fsp3) is 0.591. The van der Waals surface area contributed by atoms with E-state index in [1.54, 1.807) is 0 Å². The highest BCUT2D eigenvalue weighted by Crippen LogP contribution is 2.25. The van der Waals surface area contributed by atoms with Gasteiger partial charge in [0.2, 0.25) is 0 Å². The molecule has 0 aromatic heterocycles. The summed E-state index contributed by atoms with van der Waals surface area (Å²) in [5, 5.41) is 2.75. The largest absolute Gasteiger partial charge is 0.439 e. The van der Waals surface area contributed by atoms with E-state index in [-0.39, 0.29) is 30.4 Å². The fourth-order valence-corrected chi connectivity index (χ4v) is 3.48. The van der Waals surface area contributed by atoms with Crippen molar-refractivity contribution in [2.45, 2.75) is 58.5 Å². The lowest BCUT2D eigenvalue weighted by Gasteiger charge is -2.31. The molecule has 5 unspecified atom stereocenters. The molecule has 27 heavy (non-hydrogen) atoms. The van der Waals surface area contributed by atoms with Crippen LogP contribution in [0.4, 0.5) is 4.79 Å². The Morgan fingerprint density at radius 2 is 1.67 bits per heavy atom. The minimum Gasteiger partial charge on any atom is -0.439 e. The second-order valence-corrected chi connectivity index (χ2v) is 7.73. The van der Waals surface area contributed by atoms with E-state index < -0.39 is 0 Å². The molecule has 0 aromatic carbocycles. The highest BCUT2D eigenvalue weighted by molar-refractivity contribution is 5.71. The molecule has 148 valence electrons. The van der Waals surface area contributed by atoms with Gasteiger partial charge < -0.3 is 19.5 Å². The number of ether oxygens (including phenoxy) is 3. The summed E-state index contributed by atoms with van der Waals surface area (Å²) in [6.07, 6.45) is 13.6. The van der Waals surface area contributed by atoms with Crippen LogP contribution in [-0.4, -0.2) is 43.7 Å². The highest BCUT2D eigenvalue weighted by atomic mass is 16.6. The molecular formula is C22H31NO4. The van der Waals surface area contributed by atoms with E-state index in [0.717, 1.165) is 13.2 Å². The lowest BCUT2D eigenvalue weighted by Crippen LogP contribution is -2.37. The van der Waals surface area contributed by atoms with Gasteiger partial charge in [0, 0.05) is 0 Å². The molecule has 0 saturated carbocycles. The first-order chi connectivity index (χ1) is 13.0. The van der Waals surface area contributed by atoms with E-state index in [9.17, 15) is 4.79 Å². The Hall–Kier alpha value is -1.85. The van der Waals surface area contributed by atoms with Crippen LogP contribution in [0, 0.1) is 11.8 Å². The molecule has 0 spiro atoms. The molecule has 0 aromatic rings. The van der Waals surface area contributed by atoms with Gasteiger partial charge in [0.15, 0.2) is 0 Å². The normalized spacial score (nSPS) is 32.3. The summed E-state index contributed by atoms with van der Waals surface area (Å²) in [5.74, 6) is 1.12. The van der Waals surface area contributed by atoms with Crippen molar-refractivity contribution in [3.05, 3.63) is 47.6 Å². The lowest BCUT2D eigenvalue weighted by molar-refractivity contribution is -0.102. The van der Waals surface area contributed by atoms with Crippen LogP contribution in [0.3, 0.4) is 0 Å². The van der Waals surface area contributed by atoms with Crippen LogP contribution in [0.2, 0.25) is 0 Å². The van der Waals surface area contributed by atoms with Gasteiger partial charge in [-0.2, -0.15) is 0 Å². The monoisotopic (exact) mass is 373 g/mol. The average molecular weight is 373 g/mol. The highest BCUT2D eigenvalue weighted by Gasteiger charge is 2.32. The first kappa shape index (κ1) is 19.9. The Bertz CT molecular complexity index is 661. The summed E-state index contributed by atoms with van der Waals surface area (Å²) in [5.41, 5.74) is 2.64. The molecule has 2 heterocycles. The van der Waals surface area contributed by atoms with Crippen LogP contribution in [0.25, 0.3) is 0 Å². The fourth-order valence-electron chi connectivity index (χ4n) is 3.48. The zero-order chi connectivity index (χ0) is 19.4. The van der Waals surface area contributed by atoms with Crippen LogP contribution in [0.15, 0.2) is 47.6 Å². The lowest BCUT2D eigenvalue weighted by atomic mass is 9.91. The molecule has 0 bridgehead atoms. The van der Waals surface area contributed by atoms with E-state index in [2.05, 4.69) is 57.3 Å². The quantitative estimate of drug-likeness (QED) is 0.814. The molecule has 5 heteroatoms. The van der Waals surface area contributed by atoms with Crippen LogP contribution >= 0.6 is 0 Å². The summed E-state index contributed by atoms with van der Waals surface area (Å²) >= 11 is 0. The molecular weight excluding hydrogens is 342 g/mol. The third-order valence-corrected chi connectivity index (χ3v) is 5.44. The number of nitrogens with one attached hydrogen (secondary N) is 1. The molecule has 2 saturated heterocycles. The predicted molar refractivity (Wildman–Crippen MR) is 105 cm³/mol. The summed E-state index contributed by atoms with van der Waals surface area (Å²) in [6, 6.07) is 0.0369. The number of carbonyl (C=O) groups excluding carboxylic acids is 1. The summed E-state index contributed by atoms with van der Waals surface area (Å²) in [4.78, 5) is 10.9. The Labute approximate surface area is 162 Å². The van der Waals surface area contributed by atoms with Gasteiger partial charge in [-0.3, -0.25) is 0 Å². The van der Waals surface area contributed by atoms with Gasteiger partial charge in [0.1, 0.15) is 18.3 Å². The molecule has 4 aliphatic rings. The second kappa shape index (κ2) is 8.89. The van der Waals surface area contributed by atoms with Crippen molar-refractivity contribution in [2.75, 3.05) is 13.2 Å². The number of alkyl carbamates (subject to hydrolysis) is 1. The maximum atomic E-state index is 10.9. The molecule has 4 rings (SSSR count). The number of allylic oxidation sites excluding steroid dienone is 4. The summed E-state index contributed by atoms with van der Waals surface area (Å²) < 4.78 is 16.3. The van der Waals surface area contributed by atoms with E-state index in [0.29, 0.717) is 11.8 Å². The van der Waals surface area contributed by atoms with E-state index in [1.807, 2.05) is 12.2 Å². The molecule has 2 fully saturated rings. The minimum absolute atomic E-state index is 0.0369. The van der Waals surface area contributed by atoms with Gasteiger partial charge in [-0.15, -0.1) is 0 Å². The summed E-state index contributed by atoms with van der Waals surface area (Å²) in [6.45, 7) is 10.2. The molecule has 1 N–H and O–H groups in total. The van der Waals surface area contributed by atoms with Gasteiger partial charge >= 0.3 is 6.09 Å². The Kier molecular flexibility index (Phi) is 6.55. The standard InChI is InChI=1S/C12H18O2.C10H13NO2/c1-3-9(2)10-4-5-11-12(8-10)14-7-6-13-11;1-6(2)7-3-4-9-8(5-7)11-10(12)13-9/h4-5,8-9,11-12H,3,6-7H2,1-2H3;3-6,8-9H,1-2H3,(H,11,12). The number of fused-ring (bicyclic) bond motifs is 2. The van der Waals surface area contributed by atoms with Crippen molar-refractivity contribution in [2.24, 2.45) is 11.8 Å². The first-order valence-electron chi connectivity index (χ1n) is 9.98. The minimum atomic E-state index is -0.319. The van der Waals surface area contributed by atoms with Gasteiger partial charge in [0.05, 0.1) is 19.3 Å². The number of hydrogen-bond donors (Lipinski definition) is 1. The van der Waals surface area contributed by atoms with Crippen molar-refractivity contribution in [1.82, 2.24) is 5.32 Å². The number of carbonyl (C=O) groups is 1. The summed E-state index contributed by atoms with van der Waals surface area (Å²) in [7, 11) is 0. The third-order valence-electron chi connectivity index (χ3n) is 5.44. The van der Waals surface area contributed by atoms with Crippen molar-refractivity contribution in [3.8, 4) is 0 Å². The number of amides is 1. The first-order valence-corrected chi connectivity index (χ1v) is 9.98. The molecule has 2 aliphatic carbocycles. The Morgan fingerprint density at radius 3 is 2.37 bits per heavy atom. The SMILES string of the molecule is CC(C)C1=CC2NC(=O)OC2C=C1.CCC(C)C1=CC2OCCOC2C=C1. The molecule has 0 radical (unpaired) electrons. The number of hydrogen-bond acceptors (Lipinski definition) is 4. The van der Waals surface area contributed by atoms with Gasteiger partial charge in [-0.05, 0) is 41.6 Å². The van der Waals surface area contributed by atoms with Crippen LogP contribution in [0.5, 0.6) is 0 Å². The van der Waals surface area contributed by atoms with E-state index in [4.69, 9.17) is 14.2 Å². The van der Waals surface area contributed by atoms with Crippen LogP contribution in [0.1, 0.15) is 34.1 Å². The smallest absolute Gasteiger partial charge is 0.408 e. The van der Waals surface area contributed by atoms with Crippen molar-refractivity contribution < 1.29 is 19.0 Å². The van der Waals surface area contributed by atoms with Crippen molar-refractivity contribution in [3.63, 3.8) is 0 Å². The van der Waals surface area contributed by atoms with Gasteiger partial charge in [0.25, 0.3) is 0 Å². The van der Waals surface area contributed by atoms with Crippen molar-refractivity contribution >= 4 is 6.09 Å². The van der Waals surface area contributed by atoms with Crippen LogP contribution < -0.4 is 5.32 Å². The third kappa shape index (κ3) is 4.90. The Balaban J connectivity index is 0.000000156. The predicted octanol–water partition coefficient (Wildman–Crippen LogP) is 3.93. The average Bonchev–Trinajstić information content (AvgIpc) is 3.06. The molecule has 5 atom stereocenters. The van der Waals surface area contributed by atoms with E-state index in [1.165, 1.54) is 17.6 Å².